The first-order chi connectivity index (χ1) is 3.34. The summed E-state index contributed by atoms with van der Waals surface area (Å²) in [5.74, 6) is 0.488. The molecule has 0 heterocycles. The lowest BCUT2D eigenvalue weighted by Gasteiger charge is -2.19. The summed E-state index contributed by atoms with van der Waals surface area (Å²) in [5, 5.41) is 0.947. The molecule has 1 unspecified atom stereocenters. The Kier molecular flexibility index (Phi) is 1.35. The normalized spacial score (nSPS) is 28.9. The third-order valence-corrected chi connectivity index (χ3v) is 1.73. The average Bonchev–Trinajstić information content (AvgIpc) is 1.65. The van der Waals surface area contributed by atoms with E-state index in [9.17, 15) is 0 Å². The molecule has 1 rings (SSSR count). The van der Waals surface area contributed by atoms with Gasteiger partial charge in [-0.25, -0.2) is 0 Å². The van der Waals surface area contributed by atoms with Gasteiger partial charge in [0.15, 0.2) is 0 Å². The van der Waals surface area contributed by atoms with Crippen LogP contribution in [-0.4, -0.2) is 6.54 Å². The van der Waals surface area contributed by atoms with Crippen LogP contribution in [0.2, 0.25) is 0 Å². The number of rotatable bonds is 1. The molecule has 1 atom stereocenters. The van der Waals surface area contributed by atoms with Gasteiger partial charge < -0.3 is 5.73 Å². The maximum Gasteiger partial charge on any atom is 0.0188 e. The Morgan fingerprint density at radius 1 is 2.00 bits per heavy atom. The molecular weight excluding hydrogens is 110 g/mol. The molecule has 1 aliphatic rings. The summed E-state index contributed by atoms with van der Waals surface area (Å²) in [4.78, 5) is 0. The van der Waals surface area contributed by atoms with Crippen LogP contribution in [-0.2, 0) is 0 Å². The minimum absolute atomic E-state index is 0.488. The molecule has 0 aromatic rings. The van der Waals surface area contributed by atoms with Gasteiger partial charge in [-0.2, -0.15) is 0 Å². The Labute approximate surface area is 48.1 Å². The lowest BCUT2D eigenvalue weighted by atomic mass is 9.95. The molecule has 0 saturated heterocycles. The number of nitrogens with two attached hydrogens (primary N) is 1. The highest BCUT2D eigenvalue weighted by Crippen LogP contribution is 2.28. The number of halogens is 1. The molecule has 2 heteroatoms. The third-order valence-electron chi connectivity index (χ3n) is 1.27. The van der Waals surface area contributed by atoms with Gasteiger partial charge in [0.2, 0.25) is 0 Å². The lowest BCUT2D eigenvalue weighted by molar-refractivity contribution is 0.608. The van der Waals surface area contributed by atoms with Gasteiger partial charge >= 0.3 is 0 Å². The molecule has 0 aromatic heterocycles. The second-order valence-electron chi connectivity index (χ2n) is 1.76. The van der Waals surface area contributed by atoms with Crippen LogP contribution < -0.4 is 5.73 Å². The fourth-order valence-electron chi connectivity index (χ4n) is 0.582. The molecule has 0 aliphatic heterocycles. The molecule has 1 aliphatic carbocycles. The van der Waals surface area contributed by atoms with Gasteiger partial charge in [0, 0.05) is 17.5 Å². The second-order valence-corrected chi connectivity index (χ2v) is 2.19. The van der Waals surface area contributed by atoms with Crippen LogP contribution in [0.3, 0.4) is 0 Å². The zero-order valence-electron chi connectivity index (χ0n) is 4.02. The van der Waals surface area contributed by atoms with Crippen molar-refractivity contribution in [2.24, 2.45) is 11.7 Å². The quantitative estimate of drug-likeness (QED) is 0.547. The molecule has 0 saturated carbocycles. The van der Waals surface area contributed by atoms with Crippen molar-refractivity contribution in [2.45, 2.75) is 6.42 Å². The van der Waals surface area contributed by atoms with Crippen molar-refractivity contribution in [2.75, 3.05) is 6.54 Å². The number of hydrogen-bond donors (Lipinski definition) is 1. The zero-order valence-corrected chi connectivity index (χ0v) is 4.78. The van der Waals surface area contributed by atoms with E-state index in [4.69, 9.17) is 17.3 Å². The van der Waals surface area contributed by atoms with Crippen LogP contribution in [0.15, 0.2) is 11.1 Å². The van der Waals surface area contributed by atoms with Crippen molar-refractivity contribution < 1.29 is 0 Å². The largest absolute Gasteiger partial charge is 0.330 e. The van der Waals surface area contributed by atoms with Crippen molar-refractivity contribution in [3.63, 3.8) is 0 Å². The SMILES string of the molecule is NCC1CC=C1Cl. The van der Waals surface area contributed by atoms with Gasteiger partial charge in [0.1, 0.15) is 0 Å². The maximum absolute atomic E-state index is 5.60. The van der Waals surface area contributed by atoms with E-state index in [1.54, 1.807) is 0 Å². The predicted molar refractivity (Wildman–Crippen MR) is 31.1 cm³/mol. The molecule has 0 radical (unpaired) electrons. The molecule has 7 heavy (non-hydrogen) atoms. The number of allylic oxidation sites excluding steroid dienone is 1. The Hall–Kier alpha value is -0.0100. The van der Waals surface area contributed by atoms with Crippen molar-refractivity contribution >= 4 is 11.6 Å². The van der Waals surface area contributed by atoms with E-state index in [1.165, 1.54) is 0 Å². The van der Waals surface area contributed by atoms with Gasteiger partial charge in [-0.1, -0.05) is 17.7 Å². The lowest BCUT2D eigenvalue weighted by Crippen LogP contribution is -2.19. The van der Waals surface area contributed by atoms with Crippen LogP contribution in [0.4, 0.5) is 0 Å². The van der Waals surface area contributed by atoms with Crippen LogP contribution in [0.5, 0.6) is 0 Å². The van der Waals surface area contributed by atoms with Crippen LogP contribution in [0.1, 0.15) is 6.42 Å². The van der Waals surface area contributed by atoms with Gasteiger partial charge in [-0.05, 0) is 6.42 Å². The summed E-state index contributed by atoms with van der Waals surface area (Å²) < 4.78 is 0. The summed E-state index contributed by atoms with van der Waals surface area (Å²) in [6.45, 7) is 0.704. The second kappa shape index (κ2) is 1.85. The zero-order chi connectivity index (χ0) is 5.28. The topological polar surface area (TPSA) is 26.0 Å². The summed E-state index contributed by atoms with van der Waals surface area (Å²) in [7, 11) is 0. The van der Waals surface area contributed by atoms with Crippen molar-refractivity contribution in [1.29, 1.82) is 0 Å². The molecule has 0 aromatic carbocycles. The van der Waals surface area contributed by atoms with E-state index < -0.39 is 0 Å². The van der Waals surface area contributed by atoms with Crippen molar-refractivity contribution in [3.05, 3.63) is 11.1 Å². The average molecular weight is 118 g/mol. The molecule has 0 fully saturated rings. The molecular formula is C5H8ClN. The van der Waals surface area contributed by atoms with Gasteiger partial charge in [0.25, 0.3) is 0 Å². The van der Waals surface area contributed by atoms with E-state index in [2.05, 4.69) is 0 Å². The minimum atomic E-state index is 0.488. The fraction of sp³-hybridized carbons (Fsp3) is 0.600. The third kappa shape index (κ3) is 0.790. The first-order valence-electron chi connectivity index (χ1n) is 2.40. The van der Waals surface area contributed by atoms with E-state index in [0.29, 0.717) is 12.5 Å². The van der Waals surface area contributed by atoms with E-state index in [0.717, 1.165) is 11.5 Å². The molecule has 0 amide bonds. The van der Waals surface area contributed by atoms with Crippen molar-refractivity contribution in [3.8, 4) is 0 Å². The highest BCUT2D eigenvalue weighted by molar-refractivity contribution is 6.30. The number of hydrogen-bond acceptors (Lipinski definition) is 1. The standard InChI is InChI=1S/C5H8ClN/c6-5-2-1-4(5)3-7/h2,4H,1,3,7H2. The first kappa shape index (κ1) is 5.13. The predicted octanol–water partition coefficient (Wildman–Crippen LogP) is 1.09. The Balaban J connectivity index is 2.37. The highest BCUT2D eigenvalue weighted by atomic mass is 35.5. The van der Waals surface area contributed by atoms with Crippen LogP contribution in [0, 0.1) is 5.92 Å². The molecule has 2 N–H and O–H groups in total. The van der Waals surface area contributed by atoms with Gasteiger partial charge in [-0.3, -0.25) is 0 Å². The highest BCUT2D eigenvalue weighted by Gasteiger charge is 2.16. The molecule has 0 spiro atoms. The smallest absolute Gasteiger partial charge is 0.0188 e. The summed E-state index contributed by atoms with van der Waals surface area (Å²) in [5.41, 5.74) is 5.30. The Morgan fingerprint density at radius 3 is 2.71 bits per heavy atom. The summed E-state index contributed by atoms with van der Waals surface area (Å²) >= 11 is 5.60. The minimum Gasteiger partial charge on any atom is -0.330 e. The van der Waals surface area contributed by atoms with Crippen LogP contribution >= 0.6 is 11.6 Å². The Bertz CT molecular complexity index is 98.3. The van der Waals surface area contributed by atoms with E-state index in [-0.39, 0.29) is 0 Å². The van der Waals surface area contributed by atoms with Crippen LogP contribution in [0.25, 0.3) is 0 Å². The monoisotopic (exact) mass is 117 g/mol. The van der Waals surface area contributed by atoms with Gasteiger partial charge in [0.05, 0.1) is 0 Å². The molecule has 40 valence electrons. The van der Waals surface area contributed by atoms with E-state index in [1.807, 2.05) is 6.08 Å². The molecule has 0 bridgehead atoms. The maximum atomic E-state index is 5.60. The molecule has 1 nitrogen and oxygen atoms in total. The van der Waals surface area contributed by atoms with Gasteiger partial charge in [-0.15, -0.1) is 0 Å². The fourth-order valence-corrected chi connectivity index (χ4v) is 0.850. The summed E-state index contributed by atoms with van der Waals surface area (Å²) in [6, 6.07) is 0. The summed E-state index contributed by atoms with van der Waals surface area (Å²) in [6.07, 6.45) is 3.08. The Morgan fingerprint density at radius 2 is 2.71 bits per heavy atom. The van der Waals surface area contributed by atoms with Crippen molar-refractivity contribution in [1.82, 2.24) is 0 Å². The first-order valence-corrected chi connectivity index (χ1v) is 2.78. The van der Waals surface area contributed by atoms with E-state index >= 15 is 0 Å².